The van der Waals surface area contributed by atoms with Crippen LogP contribution in [0, 0.1) is 5.92 Å². The molecular formula is C23H42N6O4. The third kappa shape index (κ3) is 9.71. The van der Waals surface area contributed by atoms with Gasteiger partial charge >= 0.3 is 0 Å². The summed E-state index contributed by atoms with van der Waals surface area (Å²) in [5, 5.41) is 14.2. The number of nitrogens with one attached hydrogen (secondary N) is 5. The average Bonchev–Trinajstić information content (AvgIpc) is 2.74. The Morgan fingerprint density at radius 1 is 1.15 bits per heavy atom. The molecule has 188 valence electrons. The maximum atomic E-state index is 13.3. The van der Waals surface area contributed by atoms with E-state index >= 15 is 0 Å². The fourth-order valence-corrected chi connectivity index (χ4v) is 3.53. The monoisotopic (exact) mass is 466 g/mol. The summed E-state index contributed by atoms with van der Waals surface area (Å²) < 4.78 is 0. The third-order valence-corrected chi connectivity index (χ3v) is 5.76. The van der Waals surface area contributed by atoms with Crippen LogP contribution >= 0.6 is 0 Å². The Hall–Kier alpha value is -2.78. The van der Waals surface area contributed by atoms with Crippen molar-refractivity contribution in [2.75, 3.05) is 13.1 Å². The summed E-state index contributed by atoms with van der Waals surface area (Å²) in [6.07, 6.45) is 3.93. The third-order valence-electron chi connectivity index (χ3n) is 5.76. The van der Waals surface area contributed by atoms with Crippen molar-refractivity contribution >= 4 is 23.6 Å². The molecule has 1 aliphatic heterocycles. The Labute approximate surface area is 197 Å². The summed E-state index contributed by atoms with van der Waals surface area (Å²) in [5.41, 5.74) is 4.37. The van der Waals surface area contributed by atoms with Crippen LogP contribution in [0.2, 0.25) is 0 Å². The fraction of sp³-hybridized carbons (Fsp3) is 0.739. The Morgan fingerprint density at radius 2 is 1.85 bits per heavy atom. The van der Waals surface area contributed by atoms with Crippen molar-refractivity contribution in [2.45, 2.75) is 90.3 Å². The molecule has 0 spiro atoms. The number of carbonyl (C=O) groups excluding carboxylic acids is 4. The number of nitrogens with two attached hydrogens (primary N) is 1. The van der Waals surface area contributed by atoms with E-state index in [2.05, 4.69) is 33.2 Å². The Kier molecular flexibility index (Phi) is 11.7. The zero-order valence-corrected chi connectivity index (χ0v) is 20.5. The molecule has 1 saturated heterocycles. The molecule has 0 bridgehead atoms. The van der Waals surface area contributed by atoms with Gasteiger partial charge in [-0.05, 0) is 39.0 Å². The first-order chi connectivity index (χ1) is 15.5. The summed E-state index contributed by atoms with van der Waals surface area (Å²) in [4.78, 5) is 51.3. The molecule has 7 N–H and O–H groups in total. The molecule has 1 heterocycles. The van der Waals surface area contributed by atoms with Crippen LogP contribution in [0.3, 0.4) is 0 Å². The minimum atomic E-state index is -1.15. The summed E-state index contributed by atoms with van der Waals surface area (Å²) >= 11 is 0. The summed E-state index contributed by atoms with van der Waals surface area (Å²) in [5.74, 6) is -1.27. The van der Waals surface area contributed by atoms with Crippen molar-refractivity contribution in [2.24, 2.45) is 11.7 Å². The topological polar surface area (TPSA) is 154 Å². The lowest BCUT2D eigenvalue weighted by Crippen LogP contribution is -2.62. The summed E-state index contributed by atoms with van der Waals surface area (Å²) in [6, 6.07) is -1.56. The second-order valence-corrected chi connectivity index (χ2v) is 9.17. The number of amides is 4. The molecule has 33 heavy (non-hydrogen) atoms. The summed E-state index contributed by atoms with van der Waals surface area (Å²) in [6.45, 7) is 11.6. The van der Waals surface area contributed by atoms with Crippen LogP contribution in [0.4, 0.5) is 0 Å². The van der Waals surface area contributed by atoms with Gasteiger partial charge in [0.1, 0.15) is 17.6 Å². The number of rotatable bonds is 8. The van der Waals surface area contributed by atoms with Gasteiger partial charge in [-0.15, -0.1) is 0 Å². The molecule has 0 aromatic rings. The minimum absolute atomic E-state index is 0.223. The van der Waals surface area contributed by atoms with E-state index in [1.807, 2.05) is 6.92 Å². The predicted molar refractivity (Wildman–Crippen MR) is 128 cm³/mol. The molecule has 1 rings (SSSR count). The number of hydrogen-bond donors (Lipinski definition) is 6. The van der Waals surface area contributed by atoms with E-state index in [9.17, 15) is 19.2 Å². The normalized spacial score (nSPS) is 25.3. The van der Waals surface area contributed by atoms with Crippen LogP contribution in [0.1, 0.15) is 72.6 Å². The number of hydrogen-bond acceptors (Lipinski definition) is 6. The van der Waals surface area contributed by atoms with Gasteiger partial charge in [-0.1, -0.05) is 40.2 Å². The maximum absolute atomic E-state index is 13.3. The van der Waals surface area contributed by atoms with Gasteiger partial charge in [0.15, 0.2) is 0 Å². The first-order valence-electron chi connectivity index (χ1n) is 11.9. The SMILES string of the molecule is C=C(N)NCCC[C@@H]1NC(=O)[C@@](C)(NC(=O)C(C)C)CCCCCNC(=O)[C@H](CC)NC1=O. The predicted octanol–water partition coefficient (Wildman–Crippen LogP) is 0.387. The van der Waals surface area contributed by atoms with Crippen molar-refractivity contribution in [3.05, 3.63) is 12.4 Å². The van der Waals surface area contributed by atoms with E-state index in [1.54, 1.807) is 20.8 Å². The smallest absolute Gasteiger partial charge is 0.246 e. The lowest BCUT2D eigenvalue weighted by atomic mass is 9.91. The molecule has 1 fully saturated rings. The van der Waals surface area contributed by atoms with Gasteiger partial charge in [0, 0.05) is 19.0 Å². The average molecular weight is 467 g/mol. The molecule has 3 atom stereocenters. The van der Waals surface area contributed by atoms with Crippen molar-refractivity contribution in [1.82, 2.24) is 26.6 Å². The fourth-order valence-electron chi connectivity index (χ4n) is 3.53. The van der Waals surface area contributed by atoms with Gasteiger partial charge < -0.3 is 32.3 Å². The molecule has 0 unspecified atom stereocenters. The van der Waals surface area contributed by atoms with E-state index in [0.717, 1.165) is 12.8 Å². The number of carbonyl (C=O) groups is 4. The van der Waals surface area contributed by atoms with Gasteiger partial charge in [-0.3, -0.25) is 19.2 Å². The highest BCUT2D eigenvalue weighted by Crippen LogP contribution is 2.18. The minimum Gasteiger partial charge on any atom is -0.386 e. The molecule has 0 aliphatic carbocycles. The van der Waals surface area contributed by atoms with Crippen molar-refractivity contribution < 1.29 is 19.2 Å². The maximum Gasteiger partial charge on any atom is 0.246 e. The molecule has 1 aliphatic rings. The first-order valence-corrected chi connectivity index (χ1v) is 11.9. The Balaban J connectivity index is 3.12. The largest absolute Gasteiger partial charge is 0.386 e. The van der Waals surface area contributed by atoms with Crippen LogP contribution in [0.15, 0.2) is 12.4 Å². The van der Waals surface area contributed by atoms with Crippen LogP contribution < -0.4 is 32.3 Å². The molecule has 0 aromatic carbocycles. The van der Waals surface area contributed by atoms with Gasteiger partial charge in [0.25, 0.3) is 0 Å². The van der Waals surface area contributed by atoms with Crippen molar-refractivity contribution in [3.8, 4) is 0 Å². The highest BCUT2D eigenvalue weighted by molar-refractivity contribution is 5.96. The standard InChI is InChI=1S/C23H42N6O4/c1-6-17-20(31)26-13-9-7-8-12-23(5,29-19(30)15(2)3)22(33)28-18(21(32)27-17)11-10-14-25-16(4)24/h15,17-18,25H,4,6-14,24H2,1-3,5H3,(H,26,31)(H,27,32)(H,28,33)(H,29,30)/t17-,18-,23-/m0/s1. The van der Waals surface area contributed by atoms with Gasteiger partial charge in [-0.25, -0.2) is 0 Å². The van der Waals surface area contributed by atoms with E-state index in [1.165, 1.54) is 0 Å². The lowest BCUT2D eigenvalue weighted by molar-refractivity contribution is -0.137. The van der Waals surface area contributed by atoms with E-state index in [-0.39, 0.29) is 17.7 Å². The second kappa shape index (κ2) is 13.7. The zero-order valence-electron chi connectivity index (χ0n) is 20.5. The van der Waals surface area contributed by atoms with E-state index in [4.69, 9.17) is 5.73 Å². The van der Waals surface area contributed by atoms with Crippen LogP contribution in [-0.2, 0) is 19.2 Å². The highest BCUT2D eigenvalue weighted by Gasteiger charge is 2.37. The lowest BCUT2D eigenvalue weighted by Gasteiger charge is -2.33. The summed E-state index contributed by atoms with van der Waals surface area (Å²) in [7, 11) is 0. The van der Waals surface area contributed by atoms with Crippen LogP contribution in [0.5, 0.6) is 0 Å². The highest BCUT2D eigenvalue weighted by atomic mass is 16.2. The van der Waals surface area contributed by atoms with Gasteiger partial charge in [0.05, 0.1) is 5.82 Å². The molecule has 0 aromatic heterocycles. The van der Waals surface area contributed by atoms with E-state index < -0.39 is 29.4 Å². The quantitative estimate of drug-likeness (QED) is 0.284. The van der Waals surface area contributed by atoms with Crippen LogP contribution in [-0.4, -0.2) is 54.3 Å². The van der Waals surface area contributed by atoms with Gasteiger partial charge in [-0.2, -0.15) is 0 Å². The zero-order chi connectivity index (χ0) is 25.0. The second-order valence-electron chi connectivity index (χ2n) is 9.17. The molecule has 0 saturated carbocycles. The Bertz CT molecular complexity index is 711. The molecule has 0 radical (unpaired) electrons. The molecule has 4 amide bonds. The van der Waals surface area contributed by atoms with Gasteiger partial charge in [0.2, 0.25) is 23.6 Å². The van der Waals surface area contributed by atoms with Crippen LogP contribution in [0.25, 0.3) is 0 Å². The Morgan fingerprint density at radius 3 is 2.45 bits per heavy atom. The van der Waals surface area contributed by atoms with E-state index in [0.29, 0.717) is 51.0 Å². The van der Waals surface area contributed by atoms with Crippen molar-refractivity contribution in [1.29, 1.82) is 0 Å². The van der Waals surface area contributed by atoms with Crippen molar-refractivity contribution in [3.63, 3.8) is 0 Å². The molecule has 10 heteroatoms. The molecular weight excluding hydrogens is 424 g/mol. The first kappa shape index (κ1) is 28.3. The molecule has 10 nitrogen and oxygen atoms in total.